The minimum Gasteiger partial charge on any atom is -0.328 e. The third kappa shape index (κ3) is 2.53. The third-order valence-corrected chi connectivity index (χ3v) is 3.21. The molecule has 0 spiro atoms. The van der Waals surface area contributed by atoms with Crippen LogP contribution < -0.4 is 5.73 Å². The predicted octanol–water partition coefficient (Wildman–Crippen LogP) is 2.87. The maximum Gasteiger partial charge on any atom is 0.125 e. The minimum atomic E-state index is -0.241. The number of hydrogen-bond donors (Lipinski definition) is 1. The Morgan fingerprint density at radius 2 is 2.17 bits per heavy atom. The van der Waals surface area contributed by atoms with E-state index in [2.05, 4.69) is 23.4 Å². The van der Waals surface area contributed by atoms with Gasteiger partial charge in [0.1, 0.15) is 11.6 Å². The maximum atomic E-state index is 13.2. The van der Waals surface area contributed by atoms with E-state index in [4.69, 9.17) is 5.73 Å². The highest BCUT2D eigenvalue weighted by atomic mass is 19.1. The number of aromatic nitrogens is 2. The van der Waals surface area contributed by atoms with Gasteiger partial charge in [-0.25, -0.2) is 9.37 Å². The number of nitrogens with two attached hydrogens (primary N) is 1. The summed E-state index contributed by atoms with van der Waals surface area (Å²) in [4.78, 5) is 4.52. The molecule has 2 rings (SSSR count). The molecule has 18 heavy (non-hydrogen) atoms. The first-order valence-electron chi connectivity index (χ1n) is 6.56. The van der Waals surface area contributed by atoms with E-state index in [9.17, 15) is 4.39 Å². The van der Waals surface area contributed by atoms with Crippen LogP contribution in [0, 0.1) is 5.82 Å². The molecule has 1 aromatic heterocycles. The summed E-state index contributed by atoms with van der Waals surface area (Å²) in [6.07, 6.45) is 2.69. The summed E-state index contributed by atoms with van der Waals surface area (Å²) >= 11 is 0. The average Bonchev–Trinajstić information content (AvgIpc) is 2.67. The molecule has 0 saturated heterocycles. The fraction of sp³-hybridized carbons (Fsp3) is 0.500. The van der Waals surface area contributed by atoms with Gasteiger partial charge in [0.05, 0.1) is 11.0 Å². The quantitative estimate of drug-likeness (QED) is 0.885. The molecule has 1 heterocycles. The third-order valence-electron chi connectivity index (χ3n) is 3.21. The van der Waals surface area contributed by atoms with E-state index in [0.29, 0.717) is 0 Å². The molecule has 0 radical (unpaired) electrons. The van der Waals surface area contributed by atoms with Crippen LogP contribution in [0.2, 0.25) is 0 Å². The van der Waals surface area contributed by atoms with Crippen LogP contribution in [0.5, 0.6) is 0 Å². The van der Waals surface area contributed by atoms with Crippen LogP contribution >= 0.6 is 0 Å². The molecule has 4 heteroatoms. The summed E-state index contributed by atoms with van der Waals surface area (Å²) in [7, 11) is 0. The van der Waals surface area contributed by atoms with E-state index >= 15 is 0 Å². The molecule has 1 aromatic carbocycles. The molecule has 0 fully saturated rings. The summed E-state index contributed by atoms with van der Waals surface area (Å²) in [6.45, 7) is 5.09. The second-order valence-electron chi connectivity index (χ2n) is 4.69. The molecule has 0 amide bonds. The molecule has 2 aromatic rings. The first kappa shape index (κ1) is 13.0. The number of nitrogens with zero attached hydrogens (tertiary/aromatic N) is 2. The maximum absolute atomic E-state index is 13.2. The highest BCUT2D eigenvalue weighted by Crippen LogP contribution is 2.19. The Bertz CT molecular complexity index is 533. The zero-order valence-corrected chi connectivity index (χ0v) is 11.0. The van der Waals surface area contributed by atoms with E-state index in [1.54, 1.807) is 6.07 Å². The van der Waals surface area contributed by atoms with Crippen LogP contribution in [-0.2, 0) is 13.0 Å². The number of halogens is 1. The van der Waals surface area contributed by atoms with E-state index in [0.717, 1.165) is 42.7 Å². The van der Waals surface area contributed by atoms with Gasteiger partial charge in [0.2, 0.25) is 0 Å². The van der Waals surface area contributed by atoms with Crippen LogP contribution in [0.25, 0.3) is 11.0 Å². The van der Waals surface area contributed by atoms with Crippen LogP contribution in [0.15, 0.2) is 18.2 Å². The Kier molecular flexibility index (Phi) is 3.97. The van der Waals surface area contributed by atoms with Crippen molar-refractivity contribution in [1.82, 2.24) is 9.55 Å². The molecule has 1 unspecified atom stereocenters. The van der Waals surface area contributed by atoms with Crippen molar-refractivity contribution in [3.63, 3.8) is 0 Å². The lowest BCUT2D eigenvalue weighted by molar-refractivity contribution is 0.582. The van der Waals surface area contributed by atoms with Gasteiger partial charge in [-0.2, -0.15) is 0 Å². The predicted molar refractivity (Wildman–Crippen MR) is 72.0 cm³/mol. The summed E-state index contributed by atoms with van der Waals surface area (Å²) in [5.74, 6) is 0.724. The van der Waals surface area contributed by atoms with Crippen LogP contribution in [0.1, 0.15) is 32.5 Å². The van der Waals surface area contributed by atoms with E-state index < -0.39 is 0 Å². The van der Waals surface area contributed by atoms with Crippen LogP contribution in [0.3, 0.4) is 0 Å². The van der Waals surface area contributed by atoms with Crippen molar-refractivity contribution in [3.8, 4) is 0 Å². The molecule has 0 saturated carbocycles. The van der Waals surface area contributed by atoms with E-state index in [1.165, 1.54) is 12.1 Å². The van der Waals surface area contributed by atoms with Crippen molar-refractivity contribution in [2.75, 3.05) is 0 Å². The first-order chi connectivity index (χ1) is 8.65. The van der Waals surface area contributed by atoms with Crippen molar-refractivity contribution in [1.29, 1.82) is 0 Å². The minimum absolute atomic E-state index is 0.113. The van der Waals surface area contributed by atoms with Crippen molar-refractivity contribution >= 4 is 11.0 Å². The first-order valence-corrected chi connectivity index (χ1v) is 6.56. The number of imidazole rings is 1. The highest BCUT2D eigenvalue weighted by molar-refractivity contribution is 5.76. The zero-order valence-electron chi connectivity index (χ0n) is 11.0. The van der Waals surface area contributed by atoms with Gasteiger partial charge in [-0.1, -0.05) is 13.8 Å². The molecule has 3 nitrogen and oxygen atoms in total. The van der Waals surface area contributed by atoms with Gasteiger partial charge >= 0.3 is 0 Å². The van der Waals surface area contributed by atoms with Crippen molar-refractivity contribution in [2.45, 2.75) is 45.7 Å². The van der Waals surface area contributed by atoms with Gasteiger partial charge in [-0.05, 0) is 25.0 Å². The average molecular weight is 249 g/mol. The van der Waals surface area contributed by atoms with Gasteiger partial charge in [-0.15, -0.1) is 0 Å². The molecule has 0 aliphatic carbocycles. The molecular formula is C14H20FN3. The standard InChI is InChI=1S/C14H20FN3/c1-3-7-18-13-6-5-10(15)8-12(13)17-14(18)9-11(16)4-2/h5-6,8,11H,3-4,7,9,16H2,1-2H3. The number of hydrogen-bond acceptors (Lipinski definition) is 2. The SMILES string of the molecule is CCCn1c(CC(N)CC)nc2cc(F)ccc21. The summed E-state index contributed by atoms with van der Waals surface area (Å²) < 4.78 is 15.4. The van der Waals surface area contributed by atoms with Gasteiger partial charge in [0.15, 0.2) is 0 Å². The van der Waals surface area contributed by atoms with Gasteiger partial charge in [0, 0.05) is 25.1 Å². The molecule has 2 N–H and O–H groups in total. The summed E-state index contributed by atoms with van der Waals surface area (Å²) in [5, 5.41) is 0. The Morgan fingerprint density at radius 3 is 2.83 bits per heavy atom. The summed E-state index contributed by atoms with van der Waals surface area (Å²) in [5.41, 5.74) is 7.72. The van der Waals surface area contributed by atoms with Crippen molar-refractivity contribution < 1.29 is 4.39 Å². The second kappa shape index (κ2) is 5.48. The molecule has 98 valence electrons. The molecule has 0 bridgehead atoms. The van der Waals surface area contributed by atoms with Crippen LogP contribution in [0.4, 0.5) is 4.39 Å². The zero-order chi connectivity index (χ0) is 13.1. The Morgan fingerprint density at radius 1 is 1.39 bits per heavy atom. The normalized spacial score (nSPS) is 13.1. The number of benzene rings is 1. The lowest BCUT2D eigenvalue weighted by Crippen LogP contribution is -2.23. The monoisotopic (exact) mass is 249 g/mol. The number of rotatable bonds is 5. The largest absolute Gasteiger partial charge is 0.328 e. The smallest absolute Gasteiger partial charge is 0.125 e. The molecule has 1 atom stereocenters. The molecule has 0 aliphatic heterocycles. The summed E-state index contributed by atoms with van der Waals surface area (Å²) in [6, 6.07) is 4.89. The van der Waals surface area contributed by atoms with E-state index in [-0.39, 0.29) is 11.9 Å². The van der Waals surface area contributed by atoms with Crippen LogP contribution in [-0.4, -0.2) is 15.6 Å². The Hall–Kier alpha value is -1.42. The number of aryl methyl sites for hydroxylation is 1. The Labute approximate surface area is 107 Å². The van der Waals surface area contributed by atoms with Gasteiger partial charge in [0.25, 0.3) is 0 Å². The lowest BCUT2D eigenvalue weighted by Gasteiger charge is -2.11. The van der Waals surface area contributed by atoms with Crippen molar-refractivity contribution in [3.05, 3.63) is 29.8 Å². The molecular weight excluding hydrogens is 229 g/mol. The fourth-order valence-electron chi connectivity index (χ4n) is 2.16. The Balaban J connectivity index is 2.46. The lowest BCUT2D eigenvalue weighted by atomic mass is 10.1. The van der Waals surface area contributed by atoms with E-state index in [1.807, 2.05) is 0 Å². The topological polar surface area (TPSA) is 43.8 Å². The fourth-order valence-corrected chi connectivity index (χ4v) is 2.16. The number of fused-ring (bicyclic) bond motifs is 1. The molecule has 0 aliphatic rings. The van der Waals surface area contributed by atoms with Crippen molar-refractivity contribution in [2.24, 2.45) is 5.73 Å². The van der Waals surface area contributed by atoms with Gasteiger partial charge in [-0.3, -0.25) is 0 Å². The van der Waals surface area contributed by atoms with Gasteiger partial charge < -0.3 is 10.3 Å². The highest BCUT2D eigenvalue weighted by Gasteiger charge is 2.13. The second-order valence-corrected chi connectivity index (χ2v) is 4.69.